The van der Waals surface area contributed by atoms with Crippen LogP contribution in [0.25, 0.3) is 0 Å². The van der Waals surface area contributed by atoms with Crippen molar-refractivity contribution in [1.29, 1.82) is 0 Å². The SMILES string of the molecule is COCCNc1nnc(SCc2ccc(SC)cc2)s1. The Hall–Kier alpha value is -0.760. The maximum atomic E-state index is 4.98. The van der Waals surface area contributed by atoms with Gasteiger partial charge in [-0.1, -0.05) is 35.2 Å². The Balaban J connectivity index is 1.81. The maximum absolute atomic E-state index is 4.98. The molecular weight excluding hydrogens is 310 g/mol. The number of ether oxygens (including phenoxy) is 1. The summed E-state index contributed by atoms with van der Waals surface area (Å²) in [6.07, 6.45) is 2.09. The second kappa shape index (κ2) is 8.51. The molecule has 0 aliphatic heterocycles. The molecule has 20 heavy (non-hydrogen) atoms. The molecule has 0 bridgehead atoms. The summed E-state index contributed by atoms with van der Waals surface area (Å²) in [6, 6.07) is 8.63. The van der Waals surface area contributed by atoms with Crippen LogP contribution in [0.1, 0.15) is 5.56 Å². The van der Waals surface area contributed by atoms with Crippen molar-refractivity contribution in [1.82, 2.24) is 10.2 Å². The van der Waals surface area contributed by atoms with E-state index in [-0.39, 0.29) is 0 Å². The van der Waals surface area contributed by atoms with Gasteiger partial charge in [-0.15, -0.1) is 22.0 Å². The van der Waals surface area contributed by atoms with Gasteiger partial charge >= 0.3 is 0 Å². The van der Waals surface area contributed by atoms with E-state index in [1.165, 1.54) is 10.5 Å². The van der Waals surface area contributed by atoms with Gasteiger partial charge in [-0.3, -0.25) is 0 Å². The van der Waals surface area contributed by atoms with Gasteiger partial charge in [0.2, 0.25) is 5.13 Å². The Morgan fingerprint density at radius 3 is 2.75 bits per heavy atom. The lowest BCUT2D eigenvalue weighted by Crippen LogP contribution is -2.06. The van der Waals surface area contributed by atoms with E-state index in [1.807, 2.05) is 0 Å². The van der Waals surface area contributed by atoms with E-state index in [1.54, 1.807) is 42.0 Å². The number of anilines is 1. The molecule has 108 valence electrons. The Morgan fingerprint density at radius 2 is 2.05 bits per heavy atom. The van der Waals surface area contributed by atoms with Gasteiger partial charge in [0.25, 0.3) is 0 Å². The van der Waals surface area contributed by atoms with Crippen molar-refractivity contribution < 1.29 is 4.74 Å². The first-order chi connectivity index (χ1) is 9.81. The molecule has 2 rings (SSSR count). The summed E-state index contributed by atoms with van der Waals surface area (Å²) >= 11 is 5.05. The van der Waals surface area contributed by atoms with Crippen molar-refractivity contribution in [3.05, 3.63) is 29.8 Å². The van der Waals surface area contributed by atoms with Crippen LogP contribution in [0.4, 0.5) is 5.13 Å². The van der Waals surface area contributed by atoms with Gasteiger partial charge in [0.15, 0.2) is 4.34 Å². The van der Waals surface area contributed by atoms with E-state index in [2.05, 4.69) is 46.0 Å². The number of thioether (sulfide) groups is 2. The molecule has 0 unspecified atom stereocenters. The summed E-state index contributed by atoms with van der Waals surface area (Å²) in [5, 5.41) is 12.3. The Morgan fingerprint density at radius 1 is 1.25 bits per heavy atom. The molecule has 7 heteroatoms. The molecule has 0 radical (unpaired) electrons. The van der Waals surface area contributed by atoms with Crippen LogP contribution in [-0.4, -0.2) is 36.7 Å². The largest absolute Gasteiger partial charge is 0.383 e. The number of aromatic nitrogens is 2. The molecule has 0 atom stereocenters. The fraction of sp³-hybridized carbons (Fsp3) is 0.385. The quantitative estimate of drug-likeness (QED) is 0.590. The third-order valence-corrected chi connectivity index (χ3v) is 5.34. The molecule has 0 aliphatic carbocycles. The highest BCUT2D eigenvalue weighted by atomic mass is 32.2. The standard InChI is InChI=1S/C13H17N3OS3/c1-17-8-7-14-12-15-16-13(20-12)19-9-10-3-5-11(18-2)6-4-10/h3-6H,7-9H2,1-2H3,(H,14,15). The first-order valence-corrected chi connectivity index (χ1v) is 9.16. The number of benzene rings is 1. The zero-order valence-electron chi connectivity index (χ0n) is 11.5. The number of nitrogens with one attached hydrogen (secondary N) is 1. The predicted octanol–water partition coefficient (Wildman–Crippen LogP) is 3.61. The molecule has 0 amide bonds. The first kappa shape index (κ1) is 15.6. The fourth-order valence-electron chi connectivity index (χ4n) is 1.47. The summed E-state index contributed by atoms with van der Waals surface area (Å²) in [4.78, 5) is 1.29. The molecule has 4 nitrogen and oxygen atoms in total. The molecular formula is C13H17N3OS3. The molecule has 1 aromatic carbocycles. The topological polar surface area (TPSA) is 47.0 Å². The van der Waals surface area contributed by atoms with Gasteiger partial charge in [0, 0.05) is 24.3 Å². The molecule has 1 heterocycles. The van der Waals surface area contributed by atoms with Crippen LogP contribution in [0.2, 0.25) is 0 Å². The van der Waals surface area contributed by atoms with E-state index < -0.39 is 0 Å². The van der Waals surface area contributed by atoms with Crippen LogP contribution in [-0.2, 0) is 10.5 Å². The van der Waals surface area contributed by atoms with Crippen molar-refractivity contribution in [2.24, 2.45) is 0 Å². The number of methoxy groups -OCH3 is 1. The molecule has 2 aromatic rings. The lowest BCUT2D eigenvalue weighted by atomic mass is 10.2. The summed E-state index contributed by atoms with van der Waals surface area (Å²) in [5.74, 6) is 0.918. The van der Waals surface area contributed by atoms with Crippen LogP contribution in [0.15, 0.2) is 33.5 Å². The minimum atomic E-state index is 0.670. The second-order valence-corrected chi connectivity index (χ2v) is 7.01. The van der Waals surface area contributed by atoms with Crippen LogP contribution in [0, 0.1) is 0 Å². The third kappa shape index (κ3) is 4.97. The average Bonchev–Trinajstić information content (AvgIpc) is 2.94. The van der Waals surface area contributed by atoms with Gasteiger partial charge in [0.1, 0.15) is 0 Å². The van der Waals surface area contributed by atoms with Crippen molar-refractivity contribution in [3.8, 4) is 0 Å². The summed E-state index contributed by atoms with van der Waals surface area (Å²) in [6.45, 7) is 1.43. The van der Waals surface area contributed by atoms with Gasteiger partial charge in [-0.2, -0.15) is 0 Å². The van der Waals surface area contributed by atoms with E-state index in [0.29, 0.717) is 6.61 Å². The van der Waals surface area contributed by atoms with Crippen molar-refractivity contribution in [2.75, 3.05) is 31.8 Å². The Kier molecular flexibility index (Phi) is 6.65. The highest BCUT2D eigenvalue weighted by Crippen LogP contribution is 2.28. The lowest BCUT2D eigenvalue weighted by Gasteiger charge is -2.00. The Bertz CT molecular complexity index is 516. The molecule has 1 aromatic heterocycles. The average molecular weight is 328 g/mol. The van der Waals surface area contributed by atoms with Crippen LogP contribution >= 0.6 is 34.9 Å². The zero-order valence-corrected chi connectivity index (χ0v) is 13.9. The van der Waals surface area contributed by atoms with Gasteiger partial charge in [0.05, 0.1) is 6.61 Å². The lowest BCUT2D eigenvalue weighted by molar-refractivity contribution is 0.211. The molecule has 0 aliphatic rings. The number of rotatable bonds is 8. The van der Waals surface area contributed by atoms with E-state index >= 15 is 0 Å². The summed E-state index contributed by atoms with van der Waals surface area (Å²) < 4.78 is 5.97. The van der Waals surface area contributed by atoms with Gasteiger partial charge < -0.3 is 10.1 Å². The van der Waals surface area contributed by atoms with Gasteiger partial charge in [-0.25, -0.2) is 0 Å². The van der Waals surface area contributed by atoms with E-state index in [4.69, 9.17) is 4.74 Å². The smallest absolute Gasteiger partial charge is 0.206 e. The third-order valence-electron chi connectivity index (χ3n) is 2.51. The molecule has 0 saturated heterocycles. The number of hydrogen-bond donors (Lipinski definition) is 1. The monoisotopic (exact) mass is 327 g/mol. The minimum absolute atomic E-state index is 0.670. The van der Waals surface area contributed by atoms with Gasteiger partial charge in [-0.05, 0) is 24.0 Å². The highest BCUT2D eigenvalue weighted by Gasteiger charge is 2.04. The fourth-order valence-corrected chi connectivity index (χ4v) is 3.61. The minimum Gasteiger partial charge on any atom is -0.383 e. The maximum Gasteiger partial charge on any atom is 0.206 e. The summed E-state index contributed by atoms with van der Waals surface area (Å²) in [7, 11) is 1.69. The van der Waals surface area contributed by atoms with Crippen LogP contribution < -0.4 is 5.32 Å². The Labute approximate surface area is 131 Å². The number of nitrogens with zero attached hydrogens (tertiary/aromatic N) is 2. The van der Waals surface area contributed by atoms with Crippen molar-refractivity contribution in [2.45, 2.75) is 15.0 Å². The molecule has 0 saturated carbocycles. The molecule has 0 spiro atoms. The highest BCUT2D eigenvalue weighted by molar-refractivity contribution is 8.00. The van der Waals surface area contributed by atoms with Crippen LogP contribution in [0.3, 0.4) is 0 Å². The van der Waals surface area contributed by atoms with E-state index in [9.17, 15) is 0 Å². The van der Waals surface area contributed by atoms with Crippen molar-refractivity contribution in [3.63, 3.8) is 0 Å². The molecule has 1 N–H and O–H groups in total. The first-order valence-electron chi connectivity index (χ1n) is 6.14. The normalized spacial score (nSPS) is 10.7. The predicted molar refractivity (Wildman–Crippen MR) is 88.1 cm³/mol. The van der Waals surface area contributed by atoms with Crippen LogP contribution in [0.5, 0.6) is 0 Å². The summed E-state index contributed by atoms with van der Waals surface area (Å²) in [5.41, 5.74) is 1.30. The zero-order chi connectivity index (χ0) is 14.2. The second-order valence-electron chi connectivity index (χ2n) is 3.93. The number of hydrogen-bond acceptors (Lipinski definition) is 7. The molecule has 0 fully saturated rings. The van der Waals surface area contributed by atoms with E-state index in [0.717, 1.165) is 21.8 Å². The van der Waals surface area contributed by atoms with Crippen molar-refractivity contribution >= 4 is 40.0 Å².